The second-order valence-electron chi connectivity index (χ2n) is 6.98. The minimum Gasteiger partial charge on any atom is -0.336 e. The van der Waals surface area contributed by atoms with Crippen LogP contribution in [-0.4, -0.2) is 44.9 Å². The zero-order valence-electron chi connectivity index (χ0n) is 15.8. The molecular formula is C21H21N3O3S2. The molecule has 4 heterocycles. The van der Waals surface area contributed by atoms with Crippen LogP contribution in [0.4, 0.5) is 4.79 Å². The van der Waals surface area contributed by atoms with Gasteiger partial charge in [0.15, 0.2) is 0 Å². The summed E-state index contributed by atoms with van der Waals surface area (Å²) in [6.07, 6.45) is 8.35. The van der Waals surface area contributed by atoms with Gasteiger partial charge in [0.25, 0.3) is 11.1 Å². The lowest BCUT2D eigenvalue weighted by Gasteiger charge is -2.36. The lowest BCUT2D eigenvalue weighted by atomic mass is 9.96. The number of piperidine rings is 1. The fraction of sp³-hybridized carbons (Fsp3) is 0.333. The molecule has 0 unspecified atom stereocenters. The Morgan fingerprint density at radius 3 is 2.90 bits per heavy atom. The Balaban J connectivity index is 1.41. The van der Waals surface area contributed by atoms with Crippen LogP contribution < -0.4 is 0 Å². The first kappa shape index (κ1) is 19.8. The molecule has 29 heavy (non-hydrogen) atoms. The van der Waals surface area contributed by atoms with Gasteiger partial charge in [0.05, 0.1) is 10.9 Å². The highest BCUT2D eigenvalue weighted by Gasteiger charge is 2.36. The highest BCUT2D eigenvalue weighted by Crippen LogP contribution is 2.34. The molecule has 0 N–H and O–H groups in total. The van der Waals surface area contributed by atoms with Gasteiger partial charge in [0.1, 0.15) is 0 Å². The van der Waals surface area contributed by atoms with E-state index in [2.05, 4.69) is 4.98 Å². The molecule has 4 rings (SSSR count). The third kappa shape index (κ3) is 4.43. The van der Waals surface area contributed by atoms with Crippen molar-refractivity contribution in [3.63, 3.8) is 0 Å². The van der Waals surface area contributed by atoms with E-state index >= 15 is 0 Å². The molecule has 0 saturated carbocycles. The van der Waals surface area contributed by atoms with Crippen LogP contribution in [0, 0.1) is 0 Å². The molecule has 2 aliphatic rings. The van der Waals surface area contributed by atoms with E-state index < -0.39 is 0 Å². The first-order valence-electron chi connectivity index (χ1n) is 9.62. The SMILES string of the molecule is O=C1S/C(=C\c2cccs2)C(=O)N1CCC(=O)N1CCCC[C@@H]1c1cccnc1. The molecule has 0 aliphatic carbocycles. The number of amides is 3. The molecule has 2 saturated heterocycles. The van der Waals surface area contributed by atoms with Gasteiger partial charge in [-0.25, -0.2) is 0 Å². The number of imide groups is 1. The van der Waals surface area contributed by atoms with Crippen LogP contribution in [0.5, 0.6) is 0 Å². The Kier molecular flexibility index (Phi) is 6.10. The number of thiophene rings is 1. The summed E-state index contributed by atoms with van der Waals surface area (Å²) in [7, 11) is 0. The molecule has 0 radical (unpaired) electrons. The Morgan fingerprint density at radius 1 is 1.24 bits per heavy atom. The molecule has 0 bridgehead atoms. The number of hydrogen-bond acceptors (Lipinski definition) is 6. The first-order chi connectivity index (χ1) is 14.1. The van der Waals surface area contributed by atoms with Crippen molar-refractivity contribution in [3.8, 4) is 0 Å². The second kappa shape index (κ2) is 8.92. The molecule has 2 aromatic rings. The molecule has 3 amide bonds. The number of carbonyl (C=O) groups excluding carboxylic acids is 3. The normalized spacial score (nSPS) is 21.2. The Bertz CT molecular complexity index is 928. The fourth-order valence-corrected chi connectivity index (χ4v) is 5.28. The Hall–Kier alpha value is -2.45. The van der Waals surface area contributed by atoms with Crippen LogP contribution in [-0.2, 0) is 9.59 Å². The van der Waals surface area contributed by atoms with Crippen molar-refractivity contribution in [3.05, 3.63) is 57.4 Å². The van der Waals surface area contributed by atoms with E-state index in [-0.39, 0.29) is 36.1 Å². The van der Waals surface area contributed by atoms with Crippen LogP contribution in [0.3, 0.4) is 0 Å². The number of nitrogens with zero attached hydrogens (tertiary/aromatic N) is 3. The van der Waals surface area contributed by atoms with Crippen molar-refractivity contribution in [2.45, 2.75) is 31.7 Å². The van der Waals surface area contributed by atoms with Gasteiger partial charge in [-0.05, 0) is 60.2 Å². The van der Waals surface area contributed by atoms with Crippen LogP contribution in [0.15, 0.2) is 46.9 Å². The molecule has 0 spiro atoms. The monoisotopic (exact) mass is 427 g/mol. The van der Waals surface area contributed by atoms with Gasteiger partial charge in [-0.1, -0.05) is 12.1 Å². The Morgan fingerprint density at radius 2 is 2.14 bits per heavy atom. The van der Waals surface area contributed by atoms with Crippen molar-refractivity contribution in [1.29, 1.82) is 0 Å². The van der Waals surface area contributed by atoms with Gasteiger partial charge in [0.2, 0.25) is 5.91 Å². The Labute approximate surface area is 177 Å². The fourth-order valence-electron chi connectivity index (χ4n) is 3.70. The van der Waals surface area contributed by atoms with Crippen LogP contribution in [0.25, 0.3) is 6.08 Å². The van der Waals surface area contributed by atoms with Crippen molar-refractivity contribution in [1.82, 2.24) is 14.8 Å². The molecular weight excluding hydrogens is 406 g/mol. The first-order valence-corrected chi connectivity index (χ1v) is 11.3. The van der Waals surface area contributed by atoms with Crippen molar-refractivity contribution in [2.75, 3.05) is 13.1 Å². The van der Waals surface area contributed by atoms with E-state index in [0.29, 0.717) is 11.4 Å². The number of aromatic nitrogens is 1. The molecule has 2 fully saturated rings. The molecule has 1 atom stereocenters. The van der Waals surface area contributed by atoms with E-state index in [9.17, 15) is 14.4 Å². The maximum Gasteiger partial charge on any atom is 0.293 e. The summed E-state index contributed by atoms with van der Waals surface area (Å²) >= 11 is 2.45. The van der Waals surface area contributed by atoms with Gasteiger partial charge in [-0.3, -0.25) is 24.3 Å². The molecule has 2 aromatic heterocycles. The third-order valence-electron chi connectivity index (χ3n) is 5.13. The topological polar surface area (TPSA) is 70.6 Å². The summed E-state index contributed by atoms with van der Waals surface area (Å²) in [5.74, 6) is -0.344. The van der Waals surface area contributed by atoms with Crippen molar-refractivity contribution >= 4 is 46.2 Å². The van der Waals surface area contributed by atoms with E-state index in [0.717, 1.165) is 41.5 Å². The van der Waals surface area contributed by atoms with Crippen LogP contribution in [0.1, 0.15) is 42.2 Å². The van der Waals surface area contributed by atoms with Gasteiger partial charge in [-0.15, -0.1) is 11.3 Å². The van der Waals surface area contributed by atoms with Gasteiger partial charge >= 0.3 is 0 Å². The van der Waals surface area contributed by atoms with E-state index in [1.165, 1.54) is 16.2 Å². The van der Waals surface area contributed by atoms with Crippen molar-refractivity contribution < 1.29 is 14.4 Å². The molecule has 2 aliphatic heterocycles. The summed E-state index contributed by atoms with van der Waals surface area (Å²) in [5, 5.41) is 1.61. The summed E-state index contributed by atoms with van der Waals surface area (Å²) in [6.45, 7) is 0.806. The van der Waals surface area contributed by atoms with Crippen LogP contribution >= 0.6 is 23.1 Å². The summed E-state index contributed by atoms with van der Waals surface area (Å²) < 4.78 is 0. The van der Waals surface area contributed by atoms with Gasteiger partial charge < -0.3 is 4.90 Å². The predicted octanol–water partition coefficient (Wildman–Crippen LogP) is 4.32. The maximum absolute atomic E-state index is 12.9. The summed E-state index contributed by atoms with van der Waals surface area (Å²) in [6, 6.07) is 7.69. The van der Waals surface area contributed by atoms with E-state index in [1.807, 2.05) is 40.7 Å². The molecule has 150 valence electrons. The standard InChI is InChI=1S/C21H21N3O3S2/c25-19(23-10-2-1-7-17(23)15-5-3-9-22-14-15)8-11-24-20(26)18(29-21(24)27)13-16-6-4-12-28-16/h3-6,9,12-14,17H,1-2,7-8,10-11H2/b18-13-/t17-/m1/s1. The lowest BCUT2D eigenvalue weighted by Crippen LogP contribution is -2.40. The number of hydrogen-bond donors (Lipinski definition) is 0. The van der Waals surface area contributed by atoms with Crippen LogP contribution in [0.2, 0.25) is 0 Å². The average molecular weight is 428 g/mol. The molecule has 8 heteroatoms. The molecule has 6 nitrogen and oxygen atoms in total. The minimum absolute atomic E-state index is 0.0126. The number of likely N-dealkylation sites (tertiary alicyclic amines) is 1. The summed E-state index contributed by atoms with van der Waals surface area (Å²) in [4.78, 5) is 46.4. The number of rotatable bonds is 5. The number of pyridine rings is 1. The average Bonchev–Trinajstić information content (AvgIpc) is 3.35. The number of carbonyl (C=O) groups is 3. The van der Waals surface area contributed by atoms with E-state index in [1.54, 1.807) is 12.3 Å². The lowest BCUT2D eigenvalue weighted by molar-refractivity contribution is -0.135. The minimum atomic E-state index is -0.316. The second-order valence-corrected chi connectivity index (χ2v) is 8.96. The quantitative estimate of drug-likeness (QED) is 0.665. The largest absolute Gasteiger partial charge is 0.336 e. The van der Waals surface area contributed by atoms with Gasteiger partial charge in [-0.2, -0.15) is 0 Å². The zero-order valence-corrected chi connectivity index (χ0v) is 17.5. The van der Waals surface area contributed by atoms with Gasteiger partial charge in [0, 0.05) is 36.8 Å². The zero-order chi connectivity index (χ0) is 20.2. The number of thioether (sulfide) groups is 1. The maximum atomic E-state index is 12.9. The molecule has 0 aromatic carbocycles. The summed E-state index contributed by atoms with van der Waals surface area (Å²) in [5.41, 5.74) is 1.03. The highest BCUT2D eigenvalue weighted by molar-refractivity contribution is 8.18. The smallest absolute Gasteiger partial charge is 0.293 e. The van der Waals surface area contributed by atoms with E-state index in [4.69, 9.17) is 0 Å². The van der Waals surface area contributed by atoms with Crippen molar-refractivity contribution in [2.24, 2.45) is 0 Å². The predicted molar refractivity (Wildman–Crippen MR) is 114 cm³/mol. The third-order valence-corrected chi connectivity index (χ3v) is 6.86. The highest BCUT2D eigenvalue weighted by atomic mass is 32.2.